The van der Waals surface area contributed by atoms with Gasteiger partial charge in [-0.05, 0) is 142 Å². The number of nitrogens with zero attached hydrogens (tertiary/aromatic N) is 2. The summed E-state index contributed by atoms with van der Waals surface area (Å²) < 4.78 is 3.37. The number of hydrogen-bond acceptors (Lipinski definition) is 4. The van der Waals surface area contributed by atoms with E-state index in [1.807, 2.05) is 0 Å². The monoisotopic (exact) mass is 1170 g/mol. The first-order chi connectivity index (χ1) is 42.2. The first-order valence-corrected chi connectivity index (χ1v) is 36.7. The lowest BCUT2D eigenvalue weighted by atomic mass is 9.77. The zero-order chi connectivity index (χ0) is 60.4. The SMILES string of the molecule is CCCCCCCCCCC(CCCCCCCC)Cn1c(=O)c2cc3cc(CCCCCC)c4cc5c(=O)n(CC(CCCCCCCC)CCCCCCCCCC)c(=O)c6cc7cc(CCCCCC)c8cc(c1=O)c2c1c3c4c(c65)c7c81. The highest BCUT2D eigenvalue weighted by Crippen LogP contribution is 2.53. The second-order valence-electron chi connectivity index (χ2n) is 27.7. The normalized spacial score (nSPS) is 13.3. The number of aromatic nitrogens is 2. The molecule has 0 radical (unpaired) electrons. The predicted molar refractivity (Wildman–Crippen MR) is 377 cm³/mol. The molecule has 2 aromatic heterocycles. The van der Waals surface area contributed by atoms with Gasteiger partial charge in [0.25, 0.3) is 22.2 Å². The Morgan fingerprint density at radius 1 is 0.256 bits per heavy atom. The molecule has 0 amide bonds. The lowest BCUT2D eigenvalue weighted by Crippen LogP contribution is -2.36. The van der Waals surface area contributed by atoms with Gasteiger partial charge in [-0.15, -0.1) is 0 Å². The van der Waals surface area contributed by atoms with E-state index in [0.717, 1.165) is 167 Å². The van der Waals surface area contributed by atoms with Gasteiger partial charge in [-0.2, -0.15) is 0 Å². The van der Waals surface area contributed by atoms with Gasteiger partial charge in [-0.3, -0.25) is 28.3 Å². The standard InChI is InChI=1S/C80H114N2O4/c1-7-13-19-25-29-31-35-39-45-57(43-37-33-27-21-15-9-3)55-81-77(83)65-51-61-49-60(48-42-24-18-12-6)64-54-68-72-66(78(84)82(80(68)86)56-58(44-38-34-28-22-16-10-4)46-40-36-32-30-26-20-14-8-2)52-62-50-59(47-41-23-17-11-5)63-53-67(79(81)85)71(65)75-69(61)74(64)76(72)70(62)73(63)75/h49-54,57-58H,7-48,55-56H2,1-6H3. The Balaban J connectivity index is 1.22. The Bertz CT molecular complexity index is 3470. The van der Waals surface area contributed by atoms with E-state index < -0.39 is 0 Å². The third kappa shape index (κ3) is 15.1. The van der Waals surface area contributed by atoms with Crippen molar-refractivity contribution >= 4 is 86.2 Å². The van der Waals surface area contributed by atoms with Crippen molar-refractivity contribution in [3.05, 3.63) is 88.9 Å². The highest BCUT2D eigenvalue weighted by molar-refractivity contribution is 6.50. The minimum absolute atomic E-state index is 0.141. The summed E-state index contributed by atoms with van der Waals surface area (Å²) in [6, 6.07) is 13.4. The first-order valence-electron chi connectivity index (χ1n) is 36.7. The molecule has 0 fully saturated rings. The second kappa shape index (κ2) is 33.1. The van der Waals surface area contributed by atoms with E-state index in [9.17, 15) is 0 Å². The average molecular weight is 1170 g/mol. The van der Waals surface area contributed by atoms with Gasteiger partial charge >= 0.3 is 0 Å². The summed E-state index contributed by atoms with van der Waals surface area (Å²) in [5, 5.41) is 14.9. The van der Waals surface area contributed by atoms with Crippen LogP contribution in [0.25, 0.3) is 86.2 Å². The van der Waals surface area contributed by atoms with Crippen molar-refractivity contribution in [2.75, 3.05) is 0 Å². The molecule has 0 saturated heterocycles. The Hall–Kier alpha value is -4.84. The minimum Gasteiger partial charge on any atom is -0.274 e. The lowest BCUT2D eigenvalue weighted by molar-refractivity contribution is 0.350. The first kappa shape index (κ1) is 65.6. The van der Waals surface area contributed by atoms with Crippen LogP contribution in [0.2, 0.25) is 0 Å². The van der Waals surface area contributed by atoms with E-state index in [-0.39, 0.29) is 34.1 Å². The molecule has 0 spiro atoms. The fourth-order valence-corrected chi connectivity index (χ4v) is 16.0. The number of hydrogen-bond donors (Lipinski definition) is 0. The van der Waals surface area contributed by atoms with Crippen LogP contribution < -0.4 is 22.2 Å². The summed E-state index contributed by atoms with van der Waals surface area (Å²) in [4.78, 5) is 62.7. The molecule has 468 valence electrons. The Kier molecular flexibility index (Phi) is 25.3. The molecule has 9 aromatic rings. The molecule has 0 aliphatic rings. The Labute approximate surface area is 517 Å². The molecule has 2 heterocycles. The summed E-state index contributed by atoms with van der Waals surface area (Å²) in [6.07, 6.45) is 49.9. The van der Waals surface area contributed by atoms with E-state index >= 15 is 19.2 Å². The van der Waals surface area contributed by atoms with E-state index in [1.165, 1.54) is 178 Å². The molecular formula is C80H114N2O4. The molecule has 7 aromatic carbocycles. The van der Waals surface area contributed by atoms with Gasteiger partial charge in [-0.1, -0.05) is 272 Å². The van der Waals surface area contributed by atoms with Crippen LogP contribution in [-0.4, -0.2) is 9.13 Å². The predicted octanol–water partition coefficient (Wildman–Crippen LogP) is 23.2. The highest BCUT2D eigenvalue weighted by Gasteiger charge is 2.31. The van der Waals surface area contributed by atoms with Gasteiger partial charge in [0.2, 0.25) is 0 Å². The van der Waals surface area contributed by atoms with Gasteiger partial charge in [0.15, 0.2) is 0 Å². The van der Waals surface area contributed by atoms with Crippen molar-refractivity contribution in [3.63, 3.8) is 0 Å². The number of rotatable bonds is 46. The van der Waals surface area contributed by atoms with Crippen LogP contribution in [-0.2, 0) is 25.9 Å². The maximum absolute atomic E-state index is 15.7. The van der Waals surface area contributed by atoms with Crippen LogP contribution in [0.5, 0.6) is 0 Å². The van der Waals surface area contributed by atoms with Gasteiger partial charge in [-0.25, -0.2) is 0 Å². The van der Waals surface area contributed by atoms with Gasteiger partial charge < -0.3 is 0 Å². The molecule has 0 bridgehead atoms. The van der Waals surface area contributed by atoms with Crippen molar-refractivity contribution in [1.29, 1.82) is 0 Å². The largest absolute Gasteiger partial charge is 0.274 e. The number of aryl methyl sites for hydroxylation is 2. The minimum atomic E-state index is -0.145. The van der Waals surface area contributed by atoms with Crippen molar-refractivity contribution in [2.45, 2.75) is 324 Å². The zero-order valence-corrected chi connectivity index (χ0v) is 55.3. The quantitative estimate of drug-likeness (QED) is 0.0216. The van der Waals surface area contributed by atoms with Gasteiger partial charge in [0.05, 0.1) is 0 Å². The van der Waals surface area contributed by atoms with Crippen LogP contribution in [0.1, 0.15) is 310 Å². The van der Waals surface area contributed by atoms with E-state index in [0.29, 0.717) is 34.6 Å². The van der Waals surface area contributed by atoms with Gasteiger partial charge in [0, 0.05) is 56.2 Å². The van der Waals surface area contributed by atoms with Crippen molar-refractivity contribution in [3.8, 4) is 0 Å². The van der Waals surface area contributed by atoms with Gasteiger partial charge in [0.1, 0.15) is 0 Å². The maximum Gasteiger partial charge on any atom is 0.261 e. The molecule has 86 heavy (non-hydrogen) atoms. The fourth-order valence-electron chi connectivity index (χ4n) is 16.0. The number of unbranched alkanes of at least 4 members (excludes halogenated alkanes) is 30. The van der Waals surface area contributed by atoms with Crippen LogP contribution in [0.15, 0.2) is 55.6 Å². The molecule has 0 aliphatic heterocycles. The van der Waals surface area contributed by atoms with Crippen molar-refractivity contribution in [1.82, 2.24) is 9.13 Å². The van der Waals surface area contributed by atoms with E-state index in [1.54, 1.807) is 9.13 Å². The summed E-state index contributed by atoms with van der Waals surface area (Å²) in [5.74, 6) is 0.533. The van der Waals surface area contributed by atoms with Crippen LogP contribution in [0.3, 0.4) is 0 Å². The van der Waals surface area contributed by atoms with Crippen LogP contribution in [0, 0.1) is 11.8 Å². The molecule has 6 nitrogen and oxygen atoms in total. The van der Waals surface area contributed by atoms with Crippen LogP contribution >= 0.6 is 0 Å². The third-order valence-electron chi connectivity index (χ3n) is 21.0. The molecule has 9 rings (SSSR count). The second-order valence-corrected chi connectivity index (χ2v) is 27.7. The highest BCUT2D eigenvalue weighted by atomic mass is 16.2. The fraction of sp³-hybridized carbons (Fsp3) is 0.650. The lowest BCUT2D eigenvalue weighted by Gasteiger charge is -2.26. The Morgan fingerprint density at radius 2 is 0.512 bits per heavy atom. The third-order valence-corrected chi connectivity index (χ3v) is 21.0. The number of pyridine rings is 2. The summed E-state index contributed by atoms with van der Waals surface area (Å²) >= 11 is 0. The topological polar surface area (TPSA) is 78.1 Å². The molecule has 0 aliphatic carbocycles. The smallest absolute Gasteiger partial charge is 0.261 e. The zero-order valence-electron chi connectivity index (χ0n) is 55.3. The average Bonchev–Trinajstić information content (AvgIpc) is 0.667. The Morgan fingerprint density at radius 3 is 0.802 bits per heavy atom. The summed E-state index contributed by atoms with van der Waals surface area (Å²) in [5.41, 5.74) is 1.85. The van der Waals surface area contributed by atoms with E-state index in [2.05, 4.69) is 77.9 Å². The maximum atomic E-state index is 15.7. The van der Waals surface area contributed by atoms with Crippen LogP contribution in [0.4, 0.5) is 0 Å². The molecular weight excluding hydrogens is 1050 g/mol. The molecule has 2 unspecified atom stereocenters. The summed E-state index contributed by atoms with van der Waals surface area (Å²) in [6.45, 7) is 14.6. The molecule has 2 atom stereocenters. The molecule has 0 saturated carbocycles. The van der Waals surface area contributed by atoms with Crippen molar-refractivity contribution < 1.29 is 0 Å². The van der Waals surface area contributed by atoms with Crippen molar-refractivity contribution in [2.24, 2.45) is 11.8 Å². The number of benzene rings is 7. The van der Waals surface area contributed by atoms with E-state index in [4.69, 9.17) is 0 Å². The molecule has 6 heteroatoms. The summed E-state index contributed by atoms with van der Waals surface area (Å²) in [7, 11) is 0. The molecule has 0 N–H and O–H groups in total.